The molecule has 0 aliphatic carbocycles. The third-order valence-electron chi connectivity index (χ3n) is 5.73. The average molecular weight is 496 g/mol. The lowest BCUT2D eigenvalue weighted by atomic mass is 9.97. The SMILES string of the molecule is Cc1cc(C)cc(C(C(=O)Nc2c(C)cccc2C)N(C(=O)C(C)NC(=O)OC(C)(C)C)C(C)C)c1. The van der Waals surface area contributed by atoms with Crippen molar-refractivity contribution in [3.05, 3.63) is 64.2 Å². The van der Waals surface area contributed by atoms with Gasteiger partial charge in [-0.3, -0.25) is 9.59 Å². The third kappa shape index (κ3) is 7.57. The summed E-state index contributed by atoms with van der Waals surface area (Å²) in [6.45, 7) is 18.4. The van der Waals surface area contributed by atoms with Crippen LogP contribution in [0, 0.1) is 27.7 Å². The monoisotopic (exact) mass is 495 g/mol. The molecule has 7 heteroatoms. The van der Waals surface area contributed by atoms with Crippen molar-refractivity contribution in [1.29, 1.82) is 0 Å². The molecule has 0 radical (unpaired) electrons. The van der Waals surface area contributed by atoms with E-state index in [-0.39, 0.29) is 17.9 Å². The standard InChI is InChI=1S/C29H41N3O4/c1-17(2)32(27(34)22(7)30-28(35)36-29(8,9)10)25(23-15-18(3)14-19(4)16-23)26(33)31-24-20(5)12-11-13-21(24)6/h11-17,22,25H,1-10H3,(H,30,35)(H,31,33). The van der Waals surface area contributed by atoms with E-state index in [1.54, 1.807) is 32.6 Å². The van der Waals surface area contributed by atoms with Gasteiger partial charge in [0.05, 0.1) is 0 Å². The quantitative estimate of drug-likeness (QED) is 0.512. The minimum atomic E-state index is -0.905. The first kappa shape index (κ1) is 28.9. The second-order valence-electron chi connectivity index (χ2n) is 10.8. The maximum Gasteiger partial charge on any atom is 0.408 e. The van der Waals surface area contributed by atoms with Gasteiger partial charge in [0.1, 0.15) is 17.7 Å². The van der Waals surface area contributed by atoms with E-state index >= 15 is 0 Å². The van der Waals surface area contributed by atoms with E-state index in [4.69, 9.17) is 4.74 Å². The van der Waals surface area contributed by atoms with Crippen LogP contribution in [0.1, 0.15) is 75.4 Å². The lowest BCUT2D eigenvalue weighted by Gasteiger charge is -2.37. The first-order valence-electron chi connectivity index (χ1n) is 12.4. The van der Waals surface area contributed by atoms with Crippen LogP contribution in [0.25, 0.3) is 0 Å². The normalized spacial score (nSPS) is 13.1. The van der Waals surface area contributed by atoms with E-state index in [1.807, 2.05) is 77.9 Å². The predicted octanol–water partition coefficient (Wildman–Crippen LogP) is 5.75. The second-order valence-corrected chi connectivity index (χ2v) is 10.8. The zero-order chi connectivity index (χ0) is 27.4. The number of ether oxygens (including phenoxy) is 1. The van der Waals surface area contributed by atoms with Gasteiger partial charge in [-0.1, -0.05) is 47.5 Å². The number of hydrogen-bond acceptors (Lipinski definition) is 4. The smallest absolute Gasteiger partial charge is 0.408 e. The molecule has 2 rings (SSSR count). The zero-order valence-corrected chi connectivity index (χ0v) is 23.3. The molecule has 36 heavy (non-hydrogen) atoms. The van der Waals surface area contributed by atoms with Crippen molar-refractivity contribution in [2.75, 3.05) is 5.32 Å². The molecule has 7 nitrogen and oxygen atoms in total. The van der Waals surface area contributed by atoms with E-state index in [2.05, 4.69) is 10.6 Å². The van der Waals surface area contributed by atoms with Gasteiger partial charge >= 0.3 is 6.09 Å². The van der Waals surface area contributed by atoms with Crippen molar-refractivity contribution < 1.29 is 19.1 Å². The molecular weight excluding hydrogens is 454 g/mol. The maximum atomic E-state index is 13.9. The predicted molar refractivity (Wildman–Crippen MR) is 144 cm³/mol. The van der Waals surface area contributed by atoms with Crippen LogP contribution < -0.4 is 10.6 Å². The summed E-state index contributed by atoms with van der Waals surface area (Å²) in [7, 11) is 0. The first-order chi connectivity index (χ1) is 16.6. The largest absolute Gasteiger partial charge is 0.444 e. The molecule has 0 spiro atoms. The number of carbonyl (C=O) groups is 3. The molecule has 196 valence electrons. The van der Waals surface area contributed by atoms with Gasteiger partial charge in [0, 0.05) is 11.7 Å². The lowest BCUT2D eigenvalue weighted by molar-refractivity contribution is -0.142. The molecule has 0 bridgehead atoms. The molecule has 0 heterocycles. The number of nitrogens with zero attached hydrogens (tertiary/aromatic N) is 1. The van der Waals surface area contributed by atoms with Crippen LogP contribution in [0.5, 0.6) is 0 Å². The van der Waals surface area contributed by atoms with Crippen LogP contribution in [0.4, 0.5) is 10.5 Å². The minimum absolute atomic E-state index is 0.316. The Labute approximate surface area is 215 Å². The van der Waals surface area contributed by atoms with Crippen LogP contribution in [0.3, 0.4) is 0 Å². The zero-order valence-electron chi connectivity index (χ0n) is 23.3. The Morgan fingerprint density at radius 3 is 1.89 bits per heavy atom. The fraction of sp³-hybridized carbons (Fsp3) is 0.483. The number of benzene rings is 2. The number of anilines is 1. The molecule has 2 N–H and O–H groups in total. The van der Waals surface area contributed by atoms with E-state index in [1.165, 1.54) is 0 Å². The summed E-state index contributed by atoms with van der Waals surface area (Å²) >= 11 is 0. The Hall–Kier alpha value is -3.35. The highest BCUT2D eigenvalue weighted by atomic mass is 16.6. The molecule has 2 unspecified atom stereocenters. The summed E-state index contributed by atoms with van der Waals surface area (Å²) in [5, 5.41) is 5.70. The van der Waals surface area contributed by atoms with Crippen molar-refractivity contribution in [3.8, 4) is 0 Å². The van der Waals surface area contributed by atoms with Gasteiger partial charge < -0.3 is 20.3 Å². The number of carbonyl (C=O) groups excluding carboxylic acids is 3. The Kier molecular flexibility index (Phi) is 9.30. The number of para-hydroxylation sites is 1. The van der Waals surface area contributed by atoms with Crippen LogP contribution in [0.2, 0.25) is 0 Å². The molecule has 0 aliphatic rings. The van der Waals surface area contributed by atoms with Gasteiger partial charge in [-0.25, -0.2) is 4.79 Å². The summed E-state index contributed by atoms with van der Waals surface area (Å²) in [4.78, 5) is 41.5. The topological polar surface area (TPSA) is 87.7 Å². The molecule has 0 saturated heterocycles. The molecule has 0 fully saturated rings. The molecule has 2 aromatic rings. The van der Waals surface area contributed by atoms with Gasteiger partial charge in [-0.2, -0.15) is 0 Å². The summed E-state index contributed by atoms with van der Waals surface area (Å²) < 4.78 is 5.33. The van der Waals surface area contributed by atoms with Crippen molar-refractivity contribution in [1.82, 2.24) is 10.2 Å². The molecular formula is C29H41N3O4. The van der Waals surface area contributed by atoms with Crippen LogP contribution in [-0.4, -0.2) is 40.5 Å². The highest BCUT2D eigenvalue weighted by Crippen LogP contribution is 2.29. The molecule has 3 amide bonds. The number of nitrogens with one attached hydrogen (secondary N) is 2. The number of amides is 3. The van der Waals surface area contributed by atoms with Crippen LogP contribution in [0.15, 0.2) is 36.4 Å². The highest BCUT2D eigenvalue weighted by Gasteiger charge is 2.36. The minimum Gasteiger partial charge on any atom is -0.444 e. The fourth-order valence-electron chi connectivity index (χ4n) is 4.26. The van der Waals surface area contributed by atoms with E-state index in [0.717, 1.165) is 27.9 Å². The number of aryl methyl sites for hydroxylation is 4. The van der Waals surface area contributed by atoms with Gasteiger partial charge in [0.25, 0.3) is 5.91 Å². The molecule has 0 aliphatic heterocycles. The van der Waals surface area contributed by atoms with Crippen LogP contribution in [-0.2, 0) is 14.3 Å². The first-order valence-corrected chi connectivity index (χ1v) is 12.4. The number of hydrogen-bond donors (Lipinski definition) is 2. The Bertz CT molecular complexity index is 1080. The van der Waals surface area contributed by atoms with Gasteiger partial charge in [0.2, 0.25) is 5.91 Å². The summed E-state index contributed by atoms with van der Waals surface area (Å²) in [5.74, 6) is -0.694. The Morgan fingerprint density at radius 1 is 0.889 bits per heavy atom. The van der Waals surface area contributed by atoms with Crippen molar-refractivity contribution in [2.24, 2.45) is 0 Å². The average Bonchev–Trinajstić information content (AvgIpc) is 2.71. The summed E-state index contributed by atoms with van der Waals surface area (Å²) in [6.07, 6.45) is -0.685. The van der Waals surface area contributed by atoms with Crippen LogP contribution >= 0.6 is 0 Å². The molecule has 0 saturated carbocycles. The number of rotatable bonds is 7. The van der Waals surface area contributed by atoms with Gasteiger partial charge in [0.15, 0.2) is 0 Å². The highest BCUT2D eigenvalue weighted by molar-refractivity contribution is 6.00. The van der Waals surface area contributed by atoms with Gasteiger partial charge in [-0.05, 0) is 85.9 Å². The van der Waals surface area contributed by atoms with E-state index in [9.17, 15) is 14.4 Å². The molecule has 2 atom stereocenters. The Balaban J connectivity index is 2.51. The van der Waals surface area contributed by atoms with Crippen molar-refractivity contribution in [2.45, 2.75) is 93.0 Å². The fourth-order valence-corrected chi connectivity index (χ4v) is 4.26. The van der Waals surface area contributed by atoms with E-state index < -0.39 is 23.8 Å². The van der Waals surface area contributed by atoms with Gasteiger partial charge in [-0.15, -0.1) is 0 Å². The summed E-state index contributed by atoms with van der Waals surface area (Å²) in [6, 6.07) is 9.57. The molecule has 0 aromatic heterocycles. The third-order valence-corrected chi connectivity index (χ3v) is 5.73. The van der Waals surface area contributed by atoms with Crippen molar-refractivity contribution in [3.63, 3.8) is 0 Å². The van der Waals surface area contributed by atoms with Crippen molar-refractivity contribution >= 4 is 23.6 Å². The Morgan fingerprint density at radius 2 is 1.42 bits per heavy atom. The second kappa shape index (κ2) is 11.6. The van der Waals surface area contributed by atoms with E-state index in [0.29, 0.717) is 5.56 Å². The molecule has 2 aromatic carbocycles. The summed E-state index contributed by atoms with van der Waals surface area (Å²) in [5.41, 5.74) is 4.60. The lowest BCUT2D eigenvalue weighted by Crippen LogP contribution is -2.53. The number of alkyl carbamates (subject to hydrolysis) is 1. The maximum absolute atomic E-state index is 13.9.